The monoisotopic (exact) mass is 253 g/mol. The molecule has 0 aliphatic heterocycles. The van der Waals surface area contributed by atoms with Crippen molar-refractivity contribution in [1.29, 1.82) is 0 Å². The molecule has 0 bridgehead atoms. The molecule has 4 heteroatoms. The molecule has 0 atom stereocenters. The van der Waals surface area contributed by atoms with Crippen molar-refractivity contribution in [2.75, 3.05) is 19.7 Å². The molecule has 1 N–H and O–H groups in total. The maximum absolute atomic E-state index is 8.87. The lowest BCUT2D eigenvalue weighted by Crippen LogP contribution is -2.25. The van der Waals surface area contributed by atoms with Crippen LogP contribution >= 0.6 is 0 Å². The molecule has 1 heterocycles. The standard InChI is InChI=1S/C14H27N3O/c1-4-14(5-2)17-10-8-13(15-17)12-16(6-3)9-7-11-18/h8,10,14,18H,4-7,9,11-12H2,1-3H3. The summed E-state index contributed by atoms with van der Waals surface area (Å²) in [5.74, 6) is 0. The van der Waals surface area contributed by atoms with E-state index in [2.05, 4.69) is 47.7 Å². The summed E-state index contributed by atoms with van der Waals surface area (Å²) < 4.78 is 2.09. The first kappa shape index (κ1) is 15.2. The fraction of sp³-hybridized carbons (Fsp3) is 0.786. The summed E-state index contributed by atoms with van der Waals surface area (Å²) in [6.07, 6.45) is 5.17. The third-order valence-electron chi connectivity index (χ3n) is 3.45. The lowest BCUT2D eigenvalue weighted by atomic mass is 10.2. The summed E-state index contributed by atoms with van der Waals surface area (Å²) in [4.78, 5) is 2.32. The van der Waals surface area contributed by atoms with Crippen LogP contribution < -0.4 is 0 Å². The third-order valence-corrected chi connectivity index (χ3v) is 3.45. The molecule has 1 aromatic heterocycles. The molecule has 0 spiro atoms. The topological polar surface area (TPSA) is 41.3 Å². The van der Waals surface area contributed by atoms with E-state index in [0.29, 0.717) is 6.04 Å². The number of hydrogen-bond acceptors (Lipinski definition) is 3. The maximum Gasteiger partial charge on any atom is 0.0764 e. The van der Waals surface area contributed by atoms with Crippen LogP contribution in [0.1, 0.15) is 51.8 Å². The van der Waals surface area contributed by atoms with E-state index in [1.807, 2.05) is 0 Å². The Kier molecular flexibility index (Phi) is 6.98. The minimum atomic E-state index is 0.263. The molecular weight excluding hydrogens is 226 g/mol. The molecular formula is C14H27N3O. The van der Waals surface area contributed by atoms with Gasteiger partial charge in [0.2, 0.25) is 0 Å². The average Bonchev–Trinajstić information content (AvgIpc) is 2.84. The molecule has 0 aromatic carbocycles. The highest BCUT2D eigenvalue weighted by Gasteiger charge is 2.10. The van der Waals surface area contributed by atoms with E-state index in [1.165, 1.54) is 0 Å². The van der Waals surface area contributed by atoms with Gasteiger partial charge in [-0.2, -0.15) is 5.10 Å². The van der Waals surface area contributed by atoms with Crippen molar-refractivity contribution < 1.29 is 5.11 Å². The zero-order valence-electron chi connectivity index (χ0n) is 12.0. The Balaban J connectivity index is 2.56. The van der Waals surface area contributed by atoms with Gasteiger partial charge in [0.05, 0.1) is 11.7 Å². The lowest BCUT2D eigenvalue weighted by Gasteiger charge is -2.18. The molecule has 1 aromatic rings. The highest BCUT2D eigenvalue weighted by Crippen LogP contribution is 2.15. The van der Waals surface area contributed by atoms with Crippen LogP contribution in [0.15, 0.2) is 12.3 Å². The Morgan fingerprint density at radius 3 is 2.61 bits per heavy atom. The first-order valence-corrected chi connectivity index (χ1v) is 7.12. The molecule has 0 fully saturated rings. The van der Waals surface area contributed by atoms with Crippen molar-refractivity contribution in [3.63, 3.8) is 0 Å². The van der Waals surface area contributed by atoms with E-state index >= 15 is 0 Å². The van der Waals surface area contributed by atoms with Gasteiger partial charge in [-0.25, -0.2) is 0 Å². The van der Waals surface area contributed by atoms with Crippen LogP contribution in [0.5, 0.6) is 0 Å². The summed E-state index contributed by atoms with van der Waals surface area (Å²) >= 11 is 0. The molecule has 0 aliphatic carbocycles. The Bertz CT molecular complexity index is 321. The van der Waals surface area contributed by atoms with Crippen molar-refractivity contribution in [2.45, 2.75) is 52.6 Å². The number of aliphatic hydroxyl groups is 1. The number of nitrogens with zero attached hydrogens (tertiary/aromatic N) is 3. The van der Waals surface area contributed by atoms with Gasteiger partial charge in [0.15, 0.2) is 0 Å². The minimum absolute atomic E-state index is 0.263. The SMILES string of the molecule is CCC(CC)n1ccc(CN(CC)CCCO)n1. The number of hydrogen-bond donors (Lipinski definition) is 1. The maximum atomic E-state index is 8.87. The van der Waals surface area contributed by atoms with Crippen molar-refractivity contribution in [3.8, 4) is 0 Å². The van der Waals surface area contributed by atoms with E-state index < -0.39 is 0 Å². The zero-order chi connectivity index (χ0) is 13.4. The van der Waals surface area contributed by atoms with Gasteiger partial charge < -0.3 is 5.11 Å². The van der Waals surface area contributed by atoms with Crippen LogP contribution in [-0.2, 0) is 6.54 Å². The zero-order valence-corrected chi connectivity index (χ0v) is 12.0. The third kappa shape index (κ3) is 4.42. The number of rotatable bonds is 9. The highest BCUT2D eigenvalue weighted by atomic mass is 16.3. The fourth-order valence-corrected chi connectivity index (χ4v) is 2.20. The Morgan fingerprint density at radius 2 is 2.06 bits per heavy atom. The van der Waals surface area contributed by atoms with Gasteiger partial charge in [-0.3, -0.25) is 9.58 Å². The normalized spacial score (nSPS) is 11.7. The van der Waals surface area contributed by atoms with Crippen molar-refractivity contribution in [2.24, 2.45) is 0 Å². The van der Waals surface area contributed by atoms with Gasteiger partial charge >= 0.3 is 0 Å². The summed E-state index contributed by atoms with van der Waals surface area (Å²) in [6.45, 7) is 9.63. The molecule has 4 nitrogen and oxygen atoms in total. The van der Waals surface area contributed by atoms with Crippen molar-refractivity contribution >= 4 is 0 Å². The molecule has 104 valence electrons. The van der Waals surface area contributed by atoms with Crippen LogP contribution in [-0.4, -0.2) is 39.5 Å². The molecule has 0 aliphatic rings. The van der Waals surface area contributed by atoms with Gasteiger partial charge in [0.1, 0.15) is 0 Å². The van der Waals surface area contributed by atoms with Gasteiger partial charge in [0, 0.05) is 25.9 Å². The van der Waals surface area contributed by atoms with E-state index in [4.69, 9.17) is 5.11 Å². The number of aliphatic hydroxyl groups excluding tert-OH is 1. The van der Waals surface area contributed by atoms with Crippen LogP contribution in [0.2, 0.25) is 0 Å². The van der Waals surface area contributed by atoms with E-state index in [-0.39, 0.29) is 6.61 Å². The van der Waals surface area contributed by atoms with Crippen LogP contribution in [0.3, 0.4) is 0 Å². The second-order valence-electron chi connectivity index (χ2n) is 4.70. The second-order valence-corrected chi connectivity index (χ2v) is 4.70. The fourth-order valence-electron chi connectivity index (χ4n) is 2.20. The van der Waals surface area contributed by atoms with Gasteiger partial charge in [-0.1, -0.05) is 20.8 Å². The largest absolute Gasteiger partial charge is 0.396 e. The molecule has 0 amide bonds. The van der Waals surface area contributed by atoms with Crippen LogP contribution in [0, 0.1) is 0 Å². The van der Waals surface area contributed by atoms with Gasteiger partial charge in [0.25, 0.3) is 0 Å². The van der Waals surface area contributed by atoms with Gasteiger partial charge in [-0.05, 0) is 31.9 Å². The summed E-state index contributed by atoms with van der Waals surface area (Å²) in [7, 11) is 0. The minimum Gasteiger partial charge on any atom is -0.396 e. The van der Waals surface area contributed by atoms with E-state index in [0.717, 1.165) is 44.6 Å². The highest BCUT2D eigenvalue weighted by molar-refractivity contribution is 4.99. The van der Waals surface area contributed by atoms with Crippen LogP contribution in [0.4, 0.5) is 0 Å². The predicted molar refractivity (Wildman–Crippen MR) is 74.5 cm³/mol. The molecule has 0 saturated carbocycles. The molecule has 0 unspecified atom stereocenters. The quantitative estimate of drug-likeness (QED) is 0.735. The first-order valence-electron chi connectivity index (χ1n) is 7.12. The van der Waals surface area contributed by atoms with E-state index in [9.17, 15) is 0 Å². The smallest absolute Gasteiger partial charge is 0.0764 e. The Labute approximate surface area is 111 Å². The Morgan fingerprint density at radius 1 is 1.33 bits per heavy atom. The molecule has 1 rings (SSSR count). The summed E-state index contributed by atoms with van der Waals surface area (Å²) in [6, 6.07) is 2.63. The summed E-state index contributed by atoms with van der Waals surface area (Å²) in [5.41, 5.74) is 1.13. The van der Waals surface area contributed by atoms with Gasteiger partial charge in [-0.15, -0.1) is 0 Å². The first-order chi connectivity index (χ1) is 8.74. The van der Waals surface area contributed by atoms with E-state index in [1.54, 1.807) is 0 Å². The lowest BCUT2D eigenvalue weighted by molar-refractivity contribution is 0.223. The Hall–Kier alpha value is -0.870. The molecule has 0 saturated heterocycles. The average molecular weight is 253 g/mol. The second kappa shape index (κ2) is 8.27. The predicted octanol–water partition coefficient (Wildman–Crippen LogP) is 2.45. The molecule has 18 heavy (non-hydrogen) atoms. The summed E-state index contributed by atoms with van der Waals surface area (Å²) in [5, 5.41) is 13.5. The van der Waals surface area contributed by atoms with Crippen molar-refractivity contribution in [1.82, 2.24) is 14.7 Å². The number of aromatic nitrogens is 2. The van der Waals surface area contributed by atoms with Crippen molar-refractivity contribution in [3.05, 3.63) is 18.0 Å². The van der Waals surface area contributed by atoms with Crippen LogP contribution in [0.25, 0.3) is 0 Å². The molecule has 0 radical (unpaired) electrons.